The molecular weight excluding hydrogens is 204 g/mol. The quantitative estimate of drug-likeness (QED) is 0.853. The van der Waals surface area contributed by atoms with Gasteiger partial charge in [0.1, 0.15) is 11.6 Å². The Balaban J connectivity index is 2.23. The highest BCUT2D eigenvalue weighted by molar-refractivity contribution is 5.30. The van der Waals surface area contributed by atoms with E-state index < -0.39 is 0 Å². The lowest BCUT2D eigenvalue weighted by molar-refractivity contribution is 0.414. The summed E-state index contributed by atoms with van der Waals surface area (Å²) in [6.07, 6.45) is 2.27. The van der Waals surface area contributed by atoms with Crippen molar-refractivity contribution in [3.05, 3.63) is 41.9 Å². The molecule has 4 heteroatoms. The van der Waals surface area contributed by atoms with Crippen LogP contribution in [0.4, 0.5) is 0 Å². The number of aromatic hydroxyl groups is 1. The molecule has 2 aromatic rings. The van der Waals surface area contributed by atoms with E-state index in [4.69, 9.17) is 4.74 Å². The molecule has 1 heterocycles. The molecule has 0 aliphatic carbocycles. The van der Waals surface area contributed by atoms with Gasteiger partial charge in [-0.15, -0.1) is 0 Å². The van der Waals surface area contributed by atoms with Crippen LogP contribution in [0.5, 0.6) is 11.6 Å². The van der Waals surface area contributed by atoms with Crippen LogP contribution in [0.3, 0.4) is 0 Å². The summed E-state index contributed by atoms with van der Waals surface area (Å²) in [7, 11) is 3.51. The summed E-state index contributed by atoms with van der Waals surface area (Å²) in [5.41, 5.74) is 1.10. The number of benzene rings is 1. The number of hydrogen-bond donors (Lipinski definition) is 1. The zero-order valence-corrected chi connectivity index (χ0v) is 9.34. The van der Waals surface area contributed by atoms with Crippen LogP contribution in [0.15, 0.2) is 30.5 Å². The van der Waals surface area contributed by atoms with Gasteiger partial charge in [-0.1, -0.05) is 12.1 Å². The minimum Gasteiger partial charge on any atom is -0.497 e. The third kappa shape index (κ3) is 2.16. The van der Waals surface area contributed by atoms with E-state index in [-0.39, 0.29) is 5.88 Å². The molecule has 0 unspecified atom stereocenters. The van der Waals surface area contributed by atoms with Crippen molar-refractivity contribution >= 4 is 0 Å². The van der Waals surface area contributed by atoms with Gasteiger partial charge in [-0.25, -0.2) is 0 Å². The number of rotatable bonds is 3. The predicted octanol–water partition coefficient (Wildman–Crippen LogP) is 1.73. The third-order valence-electron chi connectivity index (χ3n) is 2.46. The van der Waals surface area contributed by atoms with Crippen LogP contribution in [0.25, 0.3) is 0 Å². The summed E-state index contributed by atoms with van der Waals surface area (Å²) in [5.74, 6) is 1.71. The molecule has 0 fully saturated rings. The molecule has 0 saturated carbocycles. The Morgan fingerprint density at radius 2 is 2.25 bits per heavy atom. The first-order valence-corrected chi connectivity index (χ1v) is 5.03. The van der Waals surface area contributed by atoms with E-state index in [1.807, 2.05) is 35.9 Å². The smallest absolute Gasteiger partial charge is 0.229 e. The van der Waals surface area contributed by atoms with Crippen LogP contribution in [0.1, 0.15) is 11.4 Å². The normalized spacial score (nSPS) is 10.4. The number of aromatic nitrogens is 2. The van der Waals surface area contributed by atoms with Crippen molar-refractivity contribution in [1.29, 1.82) is 0 Å². The topological polar surface area (TPSA) is 47.3 Å². The van der Waals surface area contributed by atoms with Gasteiger partial charge in [0.2, 0.25) is 5.88 Å². The lowest BCUT2D eigenvalue weighted by Crippen LogP contribution is -1.98. The van der Waals surface area contributed by atoms with Crippen LogP contribution < -0.4 is 4.74 Å². The summed E-state index contributed by atoms with van der Waals surface area (Å²) in [6.45, 7) is 0. The molecule has 4 nitrogen and oxygen atoms in total. The maximum absolute atomic E-state index is 9.26. The van der Waals surface area contributed by atoms with Gasteiger partial charge in [0, 0.05) is 13.5 Å². The highest BCUT2D eigenvalue weighted by atomic mass is 16.5. The van der Waals surface area contributed by atoms with E-state index in [1.165, 1.54) is 0 Å². The van der Waals surface area contributed by atoms with E-state index in [1.54, 1.807) is 13.3 Å². The third-order valence-corrected chi connectivity index (χ3v) is 2.46. The molecule has 0 amide bonds. The molecule has 0 aliphatic rings. The first kappa shape index (κ1) is 10.5. The molecule has 0 saturated heterocycles. The van der Waals surface area contributed by atoms with Gasteiger partial charge in [0.15, 0.2) is 0 Å². The molecule has 0 atom stereocenters. The van der Waals surface area contributed by atoms with Crippen molar-refractivity contribution in [2.24, 2.45) is 7.05 Å². The van der Waals surface area contributed by atoms with Gasteiger partial charge in [-0.2, -0.15) is 4.98 Å². The first-order valence-electron chi connectivity index (χ1n) is 5.03. The molecule has 0 bridgehead atoms. The SMILES string of the molecule is COc1cccc(Cc2nc(O)cn2C)c1. The van der Waals surface area contributed by atoms with Crippen LogP contribution in [0.2, 0.25) is 0 Å². The minimum atomic E-state index is 0.0559. The van der Waals surface area contributed by atoms with Crippen molar-refractivity contribution in [2.75, 3.05) is 7.11 Å². The van der Waals surface area contributed by atoms with E-state index in [0.29, 0.717) is 6.42 Å². The largest absolute Gasteiger partial charge is 0.497 e. The monoisotopic (exact) mass is 218 g/mol. The average Bonchev–Trinajstić information content (AvgIpc) is 2.58. The molecule has 16 heavy (non-hydrogen) atoms. The number of aryl methyl sites for hydroxylation is 1. The van der Waals surface area contributed by atoms with E-state index >= 15 is 0 Å². The average molecular weight is 218 g/mol. The maximum Gasteiger partial charge on any atom is 0.229 e. The van der Waals surface area contributed by atoms with Crippen molar-refractivity contribution in [3.8, 4) is 11.6 Å². The molecule has 0 spiro atoms. The Hall–Kier alpha value is -1.97. The van der Waals surface area contributed by atoms with Crippen LogP contribution in [-0.2, 0) is 13.5 Å². The predicted molar refractivity (Wildman–Crippen MR) is 60.7 cm³/mol. The Bertz CT molecular complexity index is 492. The van der Waals surface area contributed by atoms with Crippen molar-refractivity contribution in [3.63, 3.8) is 0 Å². The van der Waals surface area contributed by atoms with Crippen molar-refractivity contribution in [2.45, 2.75) is 6.42 Å². The lowest BCUT2D eigenvalue weighted by atomic mass is 10.1. The summed E-state index contributed by atoms with van der Waals surface area (Å²) < 4.78 is 6.97. The zero-order chi connectivity index (χ0) is 11.5. The molecule has 0 radical (unpaired) electrons. The molecule has 84 valence electrons. The van der Waals surface area contributed by atoms with E-state index in [0.717, 1.165) is 17.1 Å². The number of ether oxygens (including phenoxy) is 1. The van der Waals surface area contributed by atoms with Gasteiger partial charge >= 0.3 is 0 Å². The highest BCUT2D eigenvalue weighted by Gasteiger charge is 2.05. The van der Waals surface area contributed by atoms with E-state index in [2.05, 4.69) is 4.98 Å². The Morgan fingerprint density at radius 3 is 2.88 bits per heavy atom. The van der Waals surface area contributed by atoms with Crippen molar-refractivity contribution in [1.82, 2.24) is 9.55 Å². The molecule has 1 aromatic heterocycles. The van der Waals surface area contributed by atoms with Gasteiger partial charge in [0.05, 0.1) is 13.3 Å². The lowest BCUT2D eigenvalue weighted by Gasteiger charge is -2.04. The number of nitrogens with zero attached hydrogens (tertiary/aromatic N) is 2. The van der Waals surface area contributed by atoms with Crippen LogP contribution in [-0.4, -0.2) is 21.8 Å². The molecule has 0 aliphatic heterocycles. The number of hydrogen-bond acceptors (Lipinski definition) is 3. The Labute approximate surface area is 94.1 Å². The fraction of sp³-hybridized carbons (Fsp3) is 0.250. The summed E-state index contributed by atoms with van der Waals surface area (Å²) in [5, 5.41) is 9.26. The van der Waals surface area contributed by atoms with Crippen LogP contribution in [0, 0.1) is 0 Å². The summed E-state index contributed by atoms with van der Waals surface area (Å²) in [6, 6.07) is 7.82. The Kier molecular flexibility index (Phi) is 2.81. The van der Waals surface area contributed by atoms with Gasteiger partial charge in [-0.05, 0) is 17.7 Å². The molecular formula is C12H14N2O2. The standard InChI is InChI=1S/C12H14N2O2/c1-14-8-12(15)13-11(14)7-9-4-3-5-10(6-9)16-2/h3-6,8,15H,7H2,1-2H3. The second-order valence-electron chi connectivity index (χ2n) is 3.65. The first-order chi connectivity index (χ1) is 7.69. The van der Waals surface area contributed by atoms with E-state index in [9.17, 15) is 5.11 Å². The summed E-state index contributed by atoms with van der Waals surface area (Å²) >= 11 is 0. The fourth-order valence-electron chi connectivity index (χ4n) is 1.62. The van der Waals surface area contributed by atoms with Gasteiger partial charge < -0.3 is 14.4 Å². The number of imidazole rings is 1. The maximum atomic E-state index is 9.26. The summed E-state index contributed by atoms with van der Waals surface area (Å²) in [4.78, 5) is 4.04. The molecule has 2 rings (SSSR count). The minimum absolute atomic E-state index is 0.0559. The molecule has 1 N–H and O–H groups in total. The fourth-order valence-corrected chi connectivity index (χ4v) is 1.62. The zero-order valence-electron chi connectivity index (χ0n) is 9.34. The van der Waals surface area contributed by atoms with Crippen LogP contribution >= 0.6 is 0 Å². The Morgan fingerprint density at radius 1 is 1.44 bits per heavy atom. The van der Waals surface area contributed by atoms with Crippen molar-refractivity contribution < 1.29 is 9.84 Å². The number of methoxy groups -OCH3 is 1. The highest BCUT2D eigenvalue weighted by Crippen LogP contribution is 2.16. The second kappa shape index (κ2) is 4.26. The van der Waals surface area contributed by atoms with Gasteiger partial charge in [-0.3, -0.25) is 0 Å². The molecule has 1 aromatic carbocycles. The van der Waals surface area contributed by atoms with Gasteiger partial charge in [0.25, 0.3) is 0 Å². The second-order valence-corrected chi connectivity index (χ2v) is 3.65.